The molecular formula is C17H23N5O3S2. The van der Waals surface area contributed by atoms with E-state index in [1.54, 1.807) is 23.0 Å². The molecule has 10 heteroatoms. The van der Waals surface area contributed by atoms with Crippen LogP contribution >= 0.6 is 11.8 Å². The molecule has 0 saturated heterocycles. The minimum absolute atomic E-state index is 0.124. The van der Waals surface area contributed by atoms with Gasteiger partial charge in [0, 0.05) is 26.3 Å². The van der Waals surface area contributed by atoms with E-state index in [1.165, 1.54) is 31.9 Å². The van der Waals surface area contributed by atoms with Crippen LogP contribution in [-0.2, 0) is 21.4 Å². The summed E-state index contributed by atoms with van der Waals surface area (Å²) in [6.45, 7) is 7.87. The second-order valence-electron chi connectivity index (χ2n) is 6.09. The fourth-order valence-corrected chi connectivity index (χ4v) is 3.99. The normalized spacial score (nSPS) is 11.6. The minimum atomic E-state index is -3.59. The number of rotatable bonds is 8. The molecule has 0 atom stereocenters. The van der Waals surface area contributed by atoms with Crippen molar-refractivity contribution >= 4 is 33.4 Å². The number of aromatic nitrogens is 3. The number of aryl methyl sites for hydroxylation is 1. The van der Waals surface area contributed by atoms with Crippen LogP contribution in [0.25, 0.3) is 0 Å². The van der Waals surface area contributed by atoms with Gasteiger partial charge in [-0.2, -0.15) is 0 Å². The summed E-state index contributed by atoms with van der Waals surface area (Å²) in [6, 6.07) is 3.09. The number of allylic oxidation sites excluding steroid dienone is 1. The highest BCUT2D eigenvalue weighted by atomic mass is 32.2. The van der Waals surface area contributed by atoms with Crippen LogP contribution < -0.4 is 5.32 Å². The Morgan fingerprint density at radius 1 is 1.37 bits per heavy atom. The van der Waals surface area contributed by atoms with Gasteiger partial charge in [0.1, 0.15) is 6.33 Å². The Bertz CT molecular complexity index is 951. The van der Waals surface area contributed by atoms with Crippen molar-refractivity contribution in [2.24, 2.45) is 0 Å². The highest BCUT2D eigenvalue weighted by Gasteiger charge is 2.20. The number of carbonyl (C=O) groups excluding carboxylic acids is 1. The van der Waals surface area contributed by atoms with E-state index in [2.05, 4.69) is 22.1 Å². The highest BCUT2D eigenvalue weighted by Crippen LogP contribution is 2.26. The Morgan fingerprint density at radius 2 is 2.07 bits per heavy atom. The fourth-order valence-electron chi connectivity index (χ4n) is 2.25. The first-order chi connectivity index (χ1) is 12.7. The summed E-state index contributed by atoms with van der Waals surface area (Å²) >= 11 is 1.25. The maximum atomic E-state index is 12.4. The number of nitrogens with one attached hydrogen (secondary N) is 1. The molecule has 0 fully saturated rings. The minimum Gasteiger partial charge on any atom is -0.325 e. The van der Waals surface area contributed by atoms with Crippen LogP contribution in [0.4, 0.5) is 5.69 Å². The zero-order valence-electron chi connectivity index (χ0n) is 15.8. The lowest BCUT2D eigenvalue weighted by Gasteiger charge is -2.16. The summed E-state index contributed by atoms with van der Waals surface area (Å²) in [5, 5.41) is 11.2. The third-order valence-corrected chi connectivity index (χ3v) is 6.71. The van der Waals surface area contributed by atoms with E-state index in [0.29, 0.717) is 17.4 Å². The van der Waals surface area contributed by atoms with Gasteiger partial charge in [-0.3, -0.25) is 4.79 Å². The van der Waals surface area contributed by atoms with Crippen molar-refractivity contribution in [1.29, 1.82) is 0 Å². The molecule has 1 amide bonds. The summed E-state index contributed by atoms with van der Waals surface area (Å²) in [5.41, 5.74) is 2.08. The van der Waals surface area contributed by atoms with E-state index in [-0.39, 0.29) is 16.6 Å². The van der Waals surface area contributed by atoms with Crippen molar-refractivity contribution in [3.63, 3.8) is 0 Å². The number of nitrogens with zero attached hydrogens (tertiary/aromatic N) is 4. The molecule has 1 aromatic carbocycles. The Balaban J connectivity index is 2.16. The smallest absolute Gasteiger partial charge is 0.242 e. The van der Waals surface area contributed by atoms with Gasteiger partial charge < -0.3 is 9.88 Å². The van der Waals surface area contributed by atoms with Gasteiger partial charge in [0.05, 0.1) is 10.6 Å². The largest absolute Gasteiger partial charge is 0.325 e. The van der Waals surface area contributed by atoms with Gasteiger partial charge in [0.2, 0.25) is 15.9 Å². The molecule has 2 aromatic rings. The predicted octanol–water partition coefficient (Wildman–Crippen LogP) is 2.06. The molecule has 1 aromatic heterocycles. The molecule has 146 valence electrons. The molecule has 2 rings (SSSR count). The van der Waals surface area contributed by atoms with Gasteiger partial charge in [-0.25, -0.2) is 12.7 Å². The molecule has 0 saturated carbocycles. The Kier molecular flexibility index (Phi) is 6.79. The third-order valence-electron chi connectivity index (χ3n) is 3.93. The number of carbonyl (C=O) groups is 1. The molecule has 0 radical (unpaired) electrons. The Labute approximate surface area is 163 Å². The highest BCUT2D eigenvalue weighted by molar-refractivity contribution is 7.99. The maximum absolute atomic E-state index is 12.4. The van der Waals surface area contributed by atoms with Crippen LogP contribution in [0.5, 0.6) is 0 Å². The van der Waals surface area contributed by atoms with Crippen molar-refractivity contribution in [1.82, 2.24) is 19.1 Å². The van der Waals surface area contributed by atoms with Crippen molar-refractivity contribution in [3.05, 3.63) is 42.2 Å². The maximum Gasteiger partial charge on any atom is 0.242 e. The van der Waals surface area contributed by atoms with Crippen LogP contribution in [0.2, 0.25) is 0 Å². The number of hydrogen-bond donors (Lipinski definition) is 1. The first-order valence-corrected chi connectivity index (χ1v) is 10.5. The lowest BCUT2D eigenvalue weighted by atomic mass is 10.1. The average Bonchev–Trinajstić information content (AvgIpc) is 3.04. The quantitative estimate of drug-likeness (QED) is 0.529. The van der Waals surface area contributed by atoms with Crippen LogP contribution in [0.3, 0.4) is 0 Å². The Hall–Kier alpha value is -2.17. The number of anilines is 1. The Morgan fingerprint density at radius 3 is 2.70 bits per heavy atom. The van der Waals surface area contributed by atoms with Gasteiger partial charge in [-0.05, 0) is 37.1 Å². The summed E-state index contributed by atoms with van der Waals surface area (Å²) < 4.78 is 27.7. The molecule has 0 bridgehead atoms. The molecular weight excluding hydrogens is 386 g/mol. The summed E-state index contributed by atoms with van der Waals surface area (Å²) in [7, 11) is -0.646. The van der Waals surface area contributed by atoms with Crippen molar-refractivity contribution < 1.29 is 13.2 Å². The summed E-state index contributed by atoms with van der Waals surface area (Å²) in [4.78, 5) is 12.5. The second-order valence-corrected chi connectivity index (χ2v) is 9.19. The summed E-state index contributed by atoms with van der Waals surface area (Å²) in [6.07, 6.45) is 3.29. The van der Waals surface area contributed by atoms with E-state index in [9.17, 15) is 13.2 Å². The molecule has 0 unspecified atom stereocenters. The fraction of sp³-hybridized carbons (Fsp3) is 0.353. The van der Waals surface area contributed by atoms with E-state index in [4.69, 9.17) is 0 Å². The van der Waals surface area contributed by atoms with E-state index >= 15 is 0 Å². The second kappa shape index (κ2) is 8.68. The average molecular weight is 410 g/mol. The third kappa shape index (κ3) is 4.96. The van der Waals surface area contributed by atoms with Gasteiger partial charge in [-0.1, -0.05) is 17.8 Å². The van der Waals surface area contributed by atoms with Crippen LogP contribution in [0.1, 0.15) is 11.1 Å². The monoisotopic (exact) mass is 409 g/mol. The molecule has 1 N–H and O–H groups in total. The molecule has 0 spiro atoms. The number of thioether (sulfide) groups is 1. The molecule has 27 heavy (non-hydrogen) atoms. The predicted molar refractivity (Wildman–Crippen MR) is 106 cm³/mol. The number of amides is 1. The summed E-state index contributed by atoms with van der Waals surface area (Å²) in [5.74, 6) is -0.131. The van der Waals surface area contributed by atoms with E-state index in [1.807, 2.05) is 13.8 Å². The number of benzene rings is 1. The van der Waals surface area contributed by atoms with Crippen molar-refractivity contribution in [3.8, 4) is 0 Å². The SMILES string of the molecule is C=CCn1cnnc1SCC(=O)Nc1cc(S(=O)(=O)N(C)C)cc(C)c1C. The van der Waals surface area contributed by atoms with Gasteiger partial charge in [0.25, 0.3) is 0 Å². The molecule has 1 heterocycles. The number of hydrogen-bond acceptors (Lipinski definition) is 6. The van der Waals surface area contributed by atoms with E-state index in [0.717, 1.165) is 15.4 Å². The van der Waals surface area contributed by atoms with Crippen LogP contribution in [0, 0.1) is 13.8 Å². The van der Waals surface area contributed by atoms with Crippen molar-refractivity contribution in [2.45, 2.75) is 30.4 Å². The van der Waals surface area contributed by atoms with Gasteiger partial charge in [0.15, 0.2) is 5.16 Å². The molecule has 0 aliphatic rings. The molecule has 0 aliphatic carbocycles. The first kappa shape index (κ1) is 21.1. The van der Waals surface area contributed by atoms with Gasteiger partial charge >= 0.3 is 0 Å². The standard InChI is InChI=1S/C17H23N5O3S2/c1-6-7-22-11-18-20-17(22)26-10-16(23)19-15-9-14(8-12(2)13(15)3)27(24,25)21(4)5/h6,8-9,11H,1,7,10H2,2-5H3,(H,19,23). The first-order valence-electron chi connectivity index (χ1n) is 8.12. The number of sulfonamides is 1. The zero-order valence-corrected chi connectivity index (χ0v) is 17.4. The topological polar surface area (TPSA) is 97.2 Å². The molecule has 8 nitrogen and oxygen atoms in total. The van der Waals surface area contributed by atoms with Crippen LogP contribution in [0.15, 0.2) is 41.2 Å². The zero-order chi connectivity index (χ0) is 20.2. The lowest BCUT2D eigenvalue weighted by molar-refractivity contribution is -0.113. The lowest BCUT2D eigenvalue weighted by Crippen LogP contribution is -2.23. The molecule has 0 aliphatic heterocycles. The van der Waals surface area contributed by atoms with Gasteiger partial charge in [-0.15, -0.1) is 16.8 Å². The van der Waals surface area contributed by atoms with Crippen LogP contribution in [-0.4, -0.2) is 53.2 Å². The van der Waals surface area contributed by atoms with Crippen molar-refractivity contribution in [2.75, 3.05) is 25.2 Å². The van der Waals surface area contributed by atoms with E-state index < -0.39 is 10.0 Å².